The minimum atomic E-state index is -1.52. The van der Waals surface area contributed by atoms with Crippen molar-refractivity contribution in [2.24, 2.45) is 0 Å². The van der Waals surface area contributed by atoms with Crippen LogP contribution in [0.5, 0.6) is 0 Å². The number of quaternary nitrogens is 1. The van der Waals surface area contributed by atoms with Gasteiger partial charge in [0.15, 0.2) is 6.10 Å². The molecule has 0 aliphatic carbocycles. The van der Waals surface area contributed by atoms with Gasteiger partial charge in [-0.15, -0.1) is 0 Å². The molecule has 9 nitrogen and oxygen atoms in total. The van der Waals surface area contributed by atoms with Crippen LogP contribution in [-0.2, 0) is 33.3 Å². The monoisotopic (exact) mass is 1370 g/mol. The Hall–Kier alpha value is -5.35. The third-order valence-electron chi connectivity index (χ3n) is 17.0. The number of carbonyl (C=O) groups is 3. The van der Waals surface area contributed by atoms with E-state index in [1.807, 2.05) is 21.1 Å². The molecule has 0 amide bonds. The van der Waals surface area contributed by atoms with E-state index in [9.17, 15) is 19.5 Å². The normalized spacial score (nSPS) is 13.6. The van der Waals surface area contributed by atoms with Crippen LogP contribution >= 0.6 is 0 Å². The number of allylic oxidation sites excluding steroid dienone is 28. The second kappa shape index (κ2) is 78.4. The molecule has 9 heteroatoms. The van der Waals surface area contributed by atoms with E-state index in [-0.39, 0.29) is 32.2 Å². The minimum Gasteiger partial charge on any atom is -0.477 e. The van der Waals surface area contributed by atoms with E-state index in [1.54, 1.807) is 0 Å². The standard InChI is InChI=1S/C90H149NO8/c1-6-8-10-12-14-16-18-20-22-24-26-28-30-32-34-36-38-40-41-42-43-44-45-46-47-49-51-53-55-57-59-61-63-65-67-69-71-73-75-77-79-81-88(93)99-86(85-98-90(89(94)95)96-83-82-91(3,4)5)84-97-87(92)80-78-76-74-72-70-68-66-64-62-60-58-56-54-52-50-48-39-37-35-33-31-29-27-25-23-21-19-17-15-13-11-9-7-2/h8-11,14-17,20-23,26-29,32-35,38,40,42-43,45-46,49,51,86,90H,6-7,12-13,18-19,24-25,30-31,36-37,39,41,44,47-48,50,52-85H2,1-5H3/p+1/b10-8-,11-9-,16-14-,17-15-,22-20-,23-21-,28-26-,29-27-,34-32-,35-33-,40-38-,43-42-,46-45-,51-49-. The molecule has 0 rings (SSSR count). The van der Waals surface area contributed by atoms with Crippen molar-refractivity contribution in [3.63, 3.8) is 0 Å². The molecule has 0 aromatic carbocycles. The quantitative estimate of drug-likeness (QED) is 0.0211. The summed E-state index contributed by atoms with van der Waals surface area (Å²) < 4.78 is 23.0. The molecule has 1 N–H and O–H groups in total. The van der Waals surface area contributed by atoms with Gasteiger partial charge in [0.1, 0.15) is 13.2 Å². The van der Waals surface area contributed by atoms with E-state index >= 15 is 0 Å². The van der Waals surface area contributed by atoms with Crippen molar-refractivity contribution in [3.05, 3.63) is 170 Å². The van der Waals surface area contributed by atoms with Crippen LogP contribution in [0.1, 0.15) is 322 Å². The molecule has 0 bridgehead atoms. The van der Waals surface area contributed by atoms with E-state index in [0.717, 1.165) is 128 Å². The zero-order valence-corrected chi connectivity index (χ0v) is 64.3. The van der Waals surface area contributed by atoms with E-state index < -0.39 is 24.3 Å². The highest BCUT2D eigenvalue weighted by Crippen LogP contribution is 2.18. The molecule has 2 unspecified atom stereocenters. The number of rotatable bonds is 73. The van der Waals surface area contributed by atoms with Crippen molar-refractivity contribution in [2.45, 2.75) is 334 Å². The lowest BCUT2D eigenvalue weighted by atomic mass is 10.0. The summed E-state index contributed by atoms with van der Waals surface area (Å²) in [7, 11) is 5.98. The SMILES string of the molecule is CC/C=C\C/C=C\C/C=C\C/C=C\C/C=C\C/C=C\C/C=C\C/C=C\C/C=C\CCCCCCCCCCCCCCCC(=O)OC(COC(=O)CCCCCCCCCCCCCCCCCCC/C=C\C/C=C\C/C=C\C/C=C\C/C=C\CC)COC(OCC[N+](C)(C)C)C(=O)O. The number of ether oxygens (including phenoxy) is 4. The highest BCUT2D eigenvalue weighted by atomic mass is 16.7. The van der Waals surface area contributed by atoms with Crippen molar-refractivity contribution in [2.75, 3.05) is 47.5 Å². The van der Waals surface area contributed by atoms with Crippen LogP contribution in [0.4, 0.5) is 0 Å². The summed E-state index contributed by atoms with van der Waals surface area (Å²) in [4.78, 5) is 37.8. The molecule has 0 aromatic heterocycles. The Morgan fingerprint density at radius 3 is 0.808 bits per heavy atom. The maximum Gasteiger partial charge on any atom is 0.361 e. The first-order valence-corrected chi connectivity index (χ1v) is 40.3. The van der Waals surface area contributed by atoms with Gasteiger partial charge in [0.25, 0.3) is 6.29 Å². The van der Waals surface area contributed by atoms with Crippen LogP contribution < -0.4 is 0 Å². The average molecular weight is 1370 g/mol. The average Bonchev–Trinajstić information content (AvgIpc) is 2.62. The van der Waals surface area contributed by atoms with Crippen molar-refractivity contribution in [3.8, 4) is 0 Å². The molecule has 0 radical (unpaired) electrons. The number of hydrogen-bond donors (Lipinski definition) is 1. The molecule has 0 saturated heterocycles. The van der Waals surface area contributed by atoms with Crippen LogP contribution in [0.3, 0.4) is 0 Å². The smallest absolute Gasteiger partial charge is 0.361 e. The molecule has 0 aliphatic heterocycles. The zero-order chi connectivity index (χ0) is 71.8. The summed E-state index contributed by atoms with van der Waals surface area (Å²) in [5.74, 6) is -2.00. The van der Waals surface area contributed by atoms with Gasteiger partial charge in [0.05, 0.1) is 34.4 Å². The number of esters is 2. The van der Waals surface area contributed by atoms with E-state index in [4.69, 9.17) is 18.9 Å². The Morgan fingerprint density at radius 2 is 0.545 bits per heavy atom. The lowest BCUT2D eigenvalue weighted by molar-refractivity contribution is -0.870. The summed E-state index contributed by atoms with van der Waals surface area (Å²) in [6.07, 6.45) is 115. The number of carboxylic acid groups (broad SMARTS) is 1. The molecule has 99 heavy (non-hydrogen) atoms. The second-order valence-corrected chi connectivity index (χ2v) is 27.6. The molecule has 0 aromatic rings. The van der Waals surface area contributed by atoms with E-state index in [1.165, 1.54) is 161 Å². The maximum atomic E-state index is 13.0. The lowest BCUT2D eigenvalue weighted by Gasteiger charge is -2.25. The van der Waals surface area contributed by atoms with Gasteiger partial charge in [0.2, 0.25) is 0 Å². The number of unbranched alkanes of at least 4 members (excludes halogenated alkanes) is 30. The number of carbonyl (C=O) groups excluding carboxylic acids is 2. The fourth-order valence-electron chi connectivity index (χ4n) is 10.9. The van der Waals surface area contributed by atoms with Crippen LogP contribution in [0, 0.1) is 0 Å². The third-order valence-corrected chi connectivity index (χ3v) is 17.0. The van der Waals surface area contributed by atoms with Gasteiger partial charge in [-0.05, 0) is 128 Å². The Kier molecular flexibility index (Phi) is 74.1. The maximum absolute atomic E-state index is 13.0. The number of hydrogen-bond acceptors (Lipinski definition) is 7. The summed E-state index contributed by atoms with van der Waals surface area (Å²) in [5, 5.41) is 9.78. The second-order valence-electron chi connectivity index (χ2n) is 27.6. The molecule has 0 saturated carbocycles. The first-order valence-electron chi connectivity index (χ1n) is 40.3. The van der Waals surface area contributed by atoms with Gasteiger partial charge in [-0.3, -0.25) is 9.59 Å². The molecule has 0 heterocycles. The van der Waals surface area contributed by atoms with Gasteiger partial charge < -0.3 is 28.5 Å². The third kappa shape index (κ3) is 79.8. The summed E-state index contributed by atoms with van der Waals surface area (Å²) in [5.41, 5.74) is 0. The molecular formula is C90H150NO8+. The molecule has 2 atom stereocenters. The van der Waals surface area contributed by atoms with E-state index in [2.05, 4.69) is 184 Å². The Bertz CT molecular complexity index is 2240. The largest absolute Gasteiger partial charge is 0.477 e. The Labute approximate surface area is 609 Å². The van der Waals surface area contributed by atoms with Gasteiger partial charge in [0, 0.05) is 12.8 Å². The number of carboxylic acids is 1. The summed E-state index contributed by atoms with van der Waals surface area (Å²) >= 11 is 0. The topological polar surface area (TPSA) is 108 Å². The van der Waals surface area contributed by atoms with Gasteiger partial charge >= 0.3 is 17.9 Å². The number of aliphatic carboxylic acids is 1. The molecule has 0 fully saturated rings. The van der Waals surface area contributed by atoms with Gasteiger partial charge in [-0.1, -0.05) is 351 Å². The van der Waals surface area contributed by atoms with Crippen molar-refractivity contribution >= 4 is 17.9 Å². The Morgan fingerprint density at radius 1 is 0.303 bits per heavy atom. The first kappa shape index (κ1) is 93.6. The molecule has 562 valence electrons. The first-order chi connectivity index (χ1) is 48.6. The van der Waals surface area contributed by atoms with Gasteiger partial charge in [-0.2, -0.15) is 0 Å². The van der Waals surface area contributed by atoms with E-state index in [0.29, 0.717) is 23.9 Å². The zero-order valence-electron chi connectivity index (χ0n) is 64.3. The Balaban J connectivity index is 4.07. The van der Waals surface area contributed by atoms with Crippen LogP contribution in [0.25, 0.3) is 0 Å². The number of likely N-dealkylation sites (N-methyl/N-ethyl adjacent to an activating group) is 1. The van der Waals surface area contributed by atoms with Gasteiger partial charge in [-0.25, -0.2) is 4.79 Å². The predicted molar refractivity (Wildman–Crippen MR) is 428 cm³/mol. The lowest BCUT2D eigenvalue weighted by Crippen LogP contribution is -2.40. The van der Waals surface area contributed by atoms with Crippen molar-refractivity contribution in [1.29, 1.82) is 0 Å². The number of nitrogens with zero attached hydrogens (tertiary/aromatic N) is 1. The van der Waals surface area contributed by atoms with Crippen molar-refractivity contribution < 1.29 is 42.9 Å². The highest BCUT2D eigenvalue weighted by molar-refractivity contribution is 5.71. The van der Waals surface area contributed by atoms with Crippen LogP contribution in [0.15, 0.2) is 170 Å². The van der Waals surface area contributed by atoms with Crippen LogP contribution in [-0.4, -0.2) is 87.4 Å². The summed E-state index contributed by atoms with van der Waals surface area (Å²) in [6, 6.07) is 0. The van der Waals surface area contributed by atoms with Crippen molar-refractivity contribution in [1.82, 2.24) is 0 Å². The fourth-order valence-corrected chi connectivity index (χ4v) is 10.9. The minimum absolute atomic E-state index is 0.182. The molecule has 0 spiro atoms. The van der Waals surface area contributed by atoms with Crippen LogP contribution in [0.2, 0.25) is 0 Å². The predicted octanol–water partition coefficient (Wildman–Crippen LogP) is 26.1. The highest BCUT2D eigenvalue weighted by Gasteiger charge is 2.25. The fraction of sp³-hybridized carbons (Fsp3) is 0.656. The molecule has 0 aliphatic rings. The summed E-state index contributed by atoms with van der Waals surface area (Å²) in [6.45, 7) is 4.66. The molecular weight excluding hydrogens is 1220 g/mol.